The number of halogens is 2. The molecule has 2 heterocycles. The minimum atomic E-state index is -0.556. The molecule has 0 unspecified atom stereocenters. The van der Waals surface area contributed by atoms with Crippen LogP contribution in [0.4, 0.5) is 10.5 Å². The maximum absolute atomic E-state index is 12.1. The summed E-state index contributed by atoms with van der Waals surface area (Å²) in [5, 5.41) is 11.4. The number of nitrogens with one attached hydrogen (secondary N) is 2. The molecule has 32 heavy (non-hydrogen) atoms. The van der Waals surface area contributed by atoms with Gasteiger partial charge in [-0.1, -0.05) is 41.0 Å². The monoisotopic (exact) mass is 584 g/mol. The lowest BCUT2D eigenvalue weighted by atomic mass is 9.88. The topological polar surface area (TPSA) is 75.2 Å². The van der Waals surface area contributed by atoms with E-state index in [2.05, 4.69) is 43.3 Å². The van der Waals surface area contributed by atoms with Crippen molar-refractivity contribution in [1.29, 1.82) is 0 Å². The predicted octanol–water partition coefficient (Wildman–Crippen LogP) is 5.14. The van der Waals surface area contributed by atoms with Crippen molar-refractivity contribution in [2.45, 2.75) is 31.4 Å². The van der Waals surface area contributed by atoms with E-state index < -0.39 is 11.7 Å². The Kier molecular flexibility index (Phi) is 7.37. The van der Waals surface area contributed by atoms with Crippen LogP contribution in [0.25, 0.3) is 0 Å². The van der Waals surface area contributed by atoms with E-state index in [1.54, 1.807) is 12.1 Å². The lowest BCUT2D eigenvalue weighted by Gasteiger charge is -2.38. The number of carbonyl (C=O) groups is 1. The van der Waals surface area contributed by atoms with Crippen LogP contribution in [0, 0.1) is 3.57 Å². The fourth-order valence-corrected chi connectivity index (χ4v) is 4.55. The van der Waals surface area contributed by atoms with Crippen LogP contribution in [0.3, 0.4) is 0 Å². The number of thiocarbonyl (C=S) groups is 1. The van der Waals surface area contributed by atoms with Gasteiger partial charge in [0.2, 0.25) is 5.90 Å². The minimum absolute atomic E-state index is 0.298. The molecular weight excluding hydrogens is 563 g/mol. The lowest BCUT2D eigenvalue weighted by molar-refractivity contribution is -0.0521. The molecule has 0 aliphatic carbocycles. The van der Waals surface area contributed by atoms with Gasteiger partial charge in [-0.3, -0.25) is 0 Å². The third-order valence-corrected chi connectivity index (χ3v) is 7.01. The summed E-state index contributed by atoms with van der Waals surface area (Å²) in [6.07, 6.45) is 1.39. The number of ether oxygens (including phenoxy) is 1. The molecule has 2 aromatic rings. The number of piperidine rings is 1. The number of oxime groups is 1. The number of hydrogen-bond donors (Lipinski definition) is 2. The number of alkyl carbamates (subject to hydrolysis) is 1. The first-order valence-corrected chi connectivity index (χ1v) is 12.0. The van der Waals surface area contributed by atoms with Gasteiger partial charge in [0.05, 0.1) is 12.1 Å². The number of nitrogens with zero attached hydrogens (tertiary/aromatic N) is 2. The second-order valence-corrected chi connectivity index (χ2v) is 9.69. The number of anilines is 1. The molecule has 1 amide bonds. The fourth-order valence-electron chi connectivity index (χ4n) is 3.60. The molecule has 0 bridgehead atoms. The molecule has 2 aromatic carbocycles. The van der Waals surface area contributed by atoms with E-state index >= 15 is 0 Å². The van der Waals surface area contributed by atoms with Gasteiger partial charge < -0.3 is 25.1 Å². The summed E-state index contributed by atoms with van der Waals surface area (Å²) in [6, 6.07) is 15.3. The Balaban J connectivity index is 1.22. The Morgan fingerprint density at radius 2 is 1.94 bits per heavy atom. The quantitative estimate of drug-likeness (QED) is 0.385. The van der Waals surface area contributed by atoms with E-state index in [1.165, 1.54) is 0 Å². The first-order valence-electron chi connectivity index (χ1n) is 10.2. The van der Waals surface area contributed by atoms with Crippen molar-refractivity contribution in [3.63, 3.8) is 0 Å². The van der Waals surface area contributed by atoms with Crippen molar-refractivity contribution >= 4 is 69.2 Å². The largest absolute Gasteiger partial charge is 0.414 e. The van der Waals surface area contributed by atoms with Crippen LogP contribution < -0.4 is 10.6 Å². The lowest BCUT2D eigenvalue weighted by Crippen LogP contribution is -2.48. The number of carbonyl (C=O) groups excluding carboxylic acids is 1. The molecule has 7 nitrogen and oxygen atoms in total. The van der Waals surface area contributed by atoms with E-state index in [-0.39, 0.29) is 0 Å². The normalized spacial score (nSPS) is 16.8. The maximum atomic E-state index is 12.1. The minimum Gasteiger partial charge on any atom is -0.392 e. The zero-order valence-electron chi connectivity index (χ0n) is 17.1. The van der Waals surface area contributed by atoms with Crippen LogP contribution >= 0.6 is 46.4 Å². The number of amides is 1. The second kappa shape index (κ2) is 10.2. The van der Waals surface area contributed by atoms with Gasteiger partial charge in [-0.2, -0.15) is 0 Å². The van der Waals surface area contributed by atoms with Gasteiger partial charge in [-0.05, 0) is 64.6 Å². The highest BCUT2D eigenvalue weighted by atomic mass is 127. The first-order chi connectivity index (χ1) is 15.4. The SMILES string of the molecule is O=C(NCc1ccc(Cl)cc1)OC1=NOC2(CCN(C(=S)Nc3ccccc3I)CC2)C1. The number of likely N-dealkylation sites (tertiary alicyclic amines) is 1. The van der Waals surface area contributed by atoms with Gasteiger partial charge in [-0.25, -0.2) is 4.79 Å². The van der Waals surface area contributed by atoms with Crippen LogP contribution in [-0.4, -0.2) is 40.7 Å². The van der Waals surface area contributed by atoms with Crippen LogP contribution in [0.15, 0.2) is 53.7 Å². The molecule has 0 aromatic heterocycles. The zero-order chi connectivity index (χ0) is 22.6. The van der Waals surface area contributed by atoms with Crippen LogP contribution in [-0.2, 0) is 16.1 Å². The number of para-hydroxylation sites is 1. The molecule has 168 valence electrons. The van der Waals surface area contributed by atoms with Crippen LogP contribution in [0.5, 0.6) is 0 Å². The van der Waals surface area contributed by atoms with Crippen LogP contribution in [0.1, 0.15) is 24.8 Å². The van der Waals surface area contributed by atoms with Crippen molar-refractivity contribution in [1.82, 2.24) is 10.2 Å². The zero-order valence-corrected chi connectivity index (χ0v) is 20.9. The number of hydrogen-bond acceptors (Lipinski definition) is 5. The van der Waals surface area contributed by atoms with Gasteiger partial charge in [0.25, 0.3) is 0 Å². The van der Waals surface area contributed by atoms with Crippen molar-refractivity contribution in [3.05, 3.63) is 62.7 Å². The molecule has 1 fully saturated rings. The molecule has 1 saturated heterocycles. The van der Waals surface area contributed by atoms with Crippen molar-refractivity contribution in [2.75, 3.05) is 18.4 Å². The van der Waals surface area contributed by atoms with Crippen molar-refractivity contribution in [3.8, 4) is 0 Å². The standard InChI is InChI=1S/C22H22ClIN4O3S/c23-16-7-5-15(6-8-16)14-25-21(29)30-19-13-22(31-27-19)9-11-28(12-10-22)20(32)26-18-4-2-1-3-17(18)24/h1-8H,9-14H2,(H,25,29)(H,26,32). The summed E-state index contributed by atoms with van der Waals surface area (Å²) < 4.78 is 6.46. The molecule has 4 rings (SSSR count). The van der Waals surface area contributed by atoms with Gasteiger partial charge in [0, 0.05) is 41.1 Å². The maximum Gasteiger partial charge on any atom is 0.414 e. The highest BCUT2D eigenvalue weighted by Crippen LogP contribution is 2.35. The smallest absolute Gasteiger partial charge is 0.392 e. The molecule has 2 aliphatic rings. The van der Waals surface area contributed by atoms with Crippen molar-refractivity contribution in [2.24, 2.45) is 5.16 Å². The number of benzene rings is 2. The second-order valence-electron chi connectivity index (χ2n) is 7.70. The average Bonchev–Trinajstić information content (AvgIpc) is 3.17. The Hall–Kier alpha value is -2.11. The molecule has 0 saturated carbocycles. The van der Waals surface area contributed by atoms with Crippen molar-refractivity contribution < 1.29 is 14.4 Å². The van der Waals surface area contributed by atoms with E-state index in [9.17, 15) is 4.79 Å². The molecule has 1 spiro atoms. The summed E-state index contributed by atoms with van der Waals surface area (Å²) in [5.74, 6) is 0.298. The Labute approximate surface area is 210 Å². The van der Waals surface area contributed by atoms with Crippen LogP contribution in [0.2, 0.25) is 5.02 Å². The Bertz CT molecular complexity index is 1030. The highest BCUT2D eigenvalue weighted by Gasteiger charge is 2.43. The van der Waals surface area contributed by atoms with E-state index in [0.717, 1.165) is 40.8 Å². The summed E-state index contributed by atoms with van der Waals surface area (Å²) in [5.41, 5.74) is 1.48. The van der Waals surface area contributed by atoms with E-state index in [0.29, 0.717) is 29.0 Å². The molecule has 0 atom stereocenters. The molecule has 0 radical (unpaired) electrons. The fraction of sp³-hybridized carbons (Fsp3) is 0.318. The summed E-state index contributed by atoms with van der Waals surface area (Å²) >= 11 is 13.7. The van der Waals surface area contributed by atoms with Gasteiger partial charge in [0.15, 0.2) is 5.11 Å². The Morgan fingerprint density at radius 1 is 1.22 bits per heavy atom. The molecule has 2 aliphatic heterocycles. The summed E-state index contributed by atoms with van der Waals surface area (Å²) in [6.45, 7) is 1.82. The van der Waals surface area contributed by atoms with Gasteiger partial charge in [0.1, 0.15) is 5.60 Å². The van der Waals surface area contributed by atoms with E-state index in [4.69, 9.17) is 33.4 Å². The molecule has 2 N–H and O–H groups in total. The first kappa shape index (κ1) is 23.1. The van der Waals surface area contributed by atoms with Gasteiger partial charge >= 0.3 is 6.09 Å². The molecular formula is C22H22ClIN4O3S. The predicted molar refractivity (Wildman–Crippen MR) is 137 cm³/mol. The third-order valence-electron chi connectivity index (χ3n) is 5.45. The molecule has 10 heteroatoms. The highest BCUT2D eigenvalue weighted by molar-refractivity contribution is 14.1. The van der Waals surface area contributed by atoms with Gasteiger partial charge in [-0.15, -0.1) is 0 Å². The number of rotatable bonds is 3. The third kappa shape index (κ3) is 5.81. The average molecular weight is 585 g/mol. The summed E-state index contributed by atoms with van der Waals surface area (Å²) in [4.78, 5) is 20.0. The summed E-state index contributed by atoms with van der Waals surface area (Å²) in [7, 11) is 0. The van der Waals surface area contributed by atoms with E-state index in [1.807, 2.05) is 36.4 Å². The Morgan fingerprint density at radius 3 is 2.66 bits per heavy atom.